The summed E-state index contributed by atoms with van der Waals surface area (Å²) < 4.78 is 2.61. The number of nitrogens with one attached hydrogen (secondary N) is 1. The molecule has 0 atom stereocenters. The van der Waals surface area contributed by atoms with E-state index in [4.69, 9.17) is 0 Å². The van der Waals surface area contributed by atoms with Crippen LogP contribution in [0.1, 0.15) is 0 Å². The molecule has 2 aromatic heterocycles. The smallest absolute Gasteiger partial charge is 0.265 e. The van der Waals surface area contributed by atoms with Crippen LogP contribution in [0, 0.1) is 0 Å². The third kappa shape index (κ3) is 1.00. The van der Waals surface area contributed by atoms with Gasteiger partial charge in [-0.25, -0.2) is 9.61 Å². The first-order valence-electron chi connectivity index (χ1n) is 2.97. The molecular formula is C5H2Br2N4O. The van der Waals surface area contributed by atoms with Gasteiger partial charge in [0.15, 0.2) is 0 Å². The van der Waals surface area contributed by atoms with E-state index < -0.39 is 0 Å². The van der Waals surface area contributed by atoms with Gasteiger partial charge in [0.25, 0.3) is 5.56 Å². The Hall–Kier alpha value is -0.690. The van der Waals surface area contributed by atoms with E-state index >= 15 is 0 Å². The average Bonchev–Trinajstić information content (AvgIpc) is 2.29. The summed E-state index contributed by atoms with van der Waals surface area (Å²) in [6.45, 7) is 0. The molecule has 0 saturated heterocycles. The molecule has 0 aliphatic rings. The highest BCUT2D eigenvalue weighted by molar-refractivity contribution is 9.13. The Kier molecular flexibility index (Phi) is 1.76. The number of hydrogen-bond donors (Lipinski definition) is 1. The summed E-state index contributed by atoms with van der Waals surface area (Å²) in [5, 5.41) is 9.88. The van der Waals surface area contributed by atoms with Gasteiger partial charge >= 0.3 is 0 Å². The zero-order chi connectivity index (χ0) is 8.72. The molecule has 2 rings (SSSR count). The lowest BCUT2D eigenvalue weighted by Gasteiger charge is -1.87. The highest BCUT2D eigenvalue weighted by Crippen LogP contribution is 2.23. The van der Waals surface area contributed by atoms with Gasteiger partial charge in [-0.1, -0.05) is 0 Å². The van der Waals surface area contributed by atoms with Gasteiger partial charge in [0, 0.05) is 0 Å². The first kappa shape index (κ1) is 7.93. The maximum atomic E-state index is 11.2. The minimum Gasteiger partial charge on any atom is -0.265 e. The lowest BCUT2D eigenvalue weighted by atomic mass is 10.5. The van der Waals surface area contributed by atoms with Gasteiger partial charge in [-0.15, -0.1) is 0 Å². The van der Waals surface area contributed by atoms with E-state index in [1.54, 1.807) is 0 Å². The van der Waals surface area contributed by atoms with Crippen molar-refractivity contribution in [3.8, 4) is 0 Å². The van der Waals surface area contributed by atoms with Crippen LogP contribution in [0.2, 0.25) is 0 Å². The minimum atomic E-state index is -0.275. The van der Waals surface area contributed by atoms with Crippen LogP contribution in [0.25, 0.3) is 5.52 Å². The number of hydrogen-bond acceptors (Lipinski definition) is 3. The van der Waals surface area contributed by atoms with Crippen LogP contribution in [0.5, 0.6) is 0 Å². The Balaban J connectivity index is 3.07. The quantitative estimate of drug-likeness (QED) is 0.786. The Morgan fingerprint density at radius 1 is 1.50 bits per heavy atom. The van der Waals surface area contributed by atoms with E-state index in [2.05, 4.69) is 47.2 Å². The highest BCUT2D eigenvalue weighted by atomic mass is 79.9. The Bertz CT molecular complexity index is 488. The van der Waals surface area contributed by atoms with Gasteiger partial charge in [-0.2, -0.15) is 10.2 Å². The monoisotopic (exact) mass is 292 g/mol. The topological polar surface area (TPSA) is 63.0 Å². The summed E-state index contributed by atoms with van der Waals surface area (Å²) in [5.74, 6) is 0. The number of H-pyrrole nitrogens is 1. The molecule has 0 unspecified atom stereocenters. The molecule has 0 aliphatic heterocycles. The molecule has 7 heteroatoms. The molecule has 1 N–H and O–H groups in total. The first-order valence-corrected chi connectivity index (χ1v) is 4.56. The summed E-state index contributed by atoms with van der Waals surface area (Å²) >= 11 is 6.41. The highest BCUT2D eigenvalue weighted by Gasteiger charge is 2.10. The normalized spacial score (nSPS) is 10.8. The molecule has 0 spiro atoms. The van der Waals surface area contributed by atoms with E-state index in [-0.39, 0.29) is 5.56 Å². The molecule has 0 amide bonds. The van der Waals surface area contributed by atoms with Crippen molar-refractivity contribution >= 4 is 37.4 Å². The lowest BCUT2D eigenvalue weighted by molar-refractivity contribution is 0.840. The number of aromatic nitrogens is 4. The van der Waals surface area contributed by atoms with Crippen LogP contribution in [0.15, 0.2) is 20.2 Å². The molecule has 0 aliphatic carbocycles. The van der Waals surface area contributed by atoms with Gasteiger partial charge in [-0.3, -0.25) is 4.79 Å². The number of rotatable bonds is 0. The second kappa shape index (κ2) is 2.67. The molecular weight excluding hydrogens is 292 g/mol. The number of aromatic amines is 1. The van der Waals surface area contributed by atoms with Crippen LogP contribution in [-0.4, -0.2) is 19.8 Å². The average molecular weight is 294 g/mol. The molecule has 0 saturated carbocycles. The largest absolute Gasteiger partial charge is 0.291 e. The first-order chi connectivity index (χ1) is 5.70. The van der Waals surface area contributed by atoms with Crippen LogP contribution < -0.4 is 5.56 Å². The summed E-state index contributed by atoms with van der Waals surface area (Å²) in [6, 6.07) is 0. The van der Waals surface area contributed by atoms with Crippen molar-refractivity contribution in [1.82, 2.24) is 19.8 Å². The number of halogens is 2. The van der Waals surface area contributed by atoms with Crippen LogP contribution >= 0.6 is 31.9 Å². The molecule has 2 heterocycles. The van der Waals surface area contributed by atoms with Crippen molar-refractivity contribution < 1.29 is 0 Å². The Morgan fingerprint density at radius 3 is 2.92 bits per heavy atom. The van der Waals surface area contributed by atoms with Crippen molar-refractivity contribution in [2.75, 3.05) is 0 Å². The fraction of sp³-hybridized carbons (Fsp3) is 0. The molecule has 5 nitrogen and oxygen atoms in total. The zero-order valence-corrected chi connectivity index (χ0v) is 8.76. The minimum absolute atomic E-state index is 0.275. The van der Waals surface area contributed by atoms with Gasteiger partial charge < -0.3 is 0 Å². The third-order valence-corrected chi connectivity index (χ3v) is 3.20. The van der Waals surface area contributed by atoms with E-state index in [1.807, 2.05) is 0 Å². The molecule has 62 valence electrons. The van der Waals surface area contributed by atoms with Crippen LogP contribution in [0.3, 0.4) is 0 Å². The van der Waals surface area contributed by atoms with Crippen molar-refractivity contribution in [2.45, 2.75) is 0 Å². The van der Waals surface area contributed by atoms with Crippen molar-refractivity contribution in [3.63, 3.8) is 0 Å². The SMILES string of the molecule is O=c1[nH]ncn2nc(Br)c(Br)c12. The second-order valence-corrected chi connectivity index (χ2v) is 3.63. The molecule has 0 bridgehead atoms. The summed E-state index contributed by atoms with van der Waals surface area (Å²) in [7, 11) is 0. The molecule has 0 radical (unpaired) electrons. The van der Waals surface area contributed by atoms with E-state index in [0.29, 0.717) is 14.6 Å². The zero-order valence-electron chi connectivity index (χ0n) is 5.58. The summed E-state index contributed by atoms with van der Waals surface area (Å²) in [5.41, 5.74) is 0.166. The van der Waals surface area contributed by atoms with Crippen molar-refractivity contribution in [3.05, 3.63) is 25.8 Å². The van der Waals surface area contributed by atoms with E-state index in [1.165, 1.54) is 10.8 Å². The third-order valence-electron chi connectivity index (χ3n) is 1.36. The molecule has 2 aromatic rings. The number of nitrogens with zero attached hydrogens (tertiary/aromatic N) is 3. The lowest BCUT2D eigenvalue weighted by Crippen LogP contribution is -2.11. The predicted molar refractivity (Wildman–Crippen MR) is 49.0 cm³/mol. The van der Waals surface area contributed by atoms with Gasteiger partial charge in [0.05, 0.1) is 4.47 Å². The Labute approximate surface area is 83.0 Å². The van der Waals surface area contributed by atoms with Crippen molar-refractivity contribution in [1.29, 1.82) is 0 Å². The number of fused-ring (bicyclic) bond motifs is 1. The summed E-state index contributed by atoms with van der Waals surface area (Å²) in [6.07, 6.45) is 1.42. The van der Waals surface area contributed by atoms with E-state index in [9.17, 15) is 4.79 Å². The van der Waals surface area contributed by atoms with Gasteiger partial charge in [0.2, 0.25) is 0 Å². The van der Waals surface area contributed by atoms with Gasteiger partial charge in [0.1, 0.15) is 16.4 Å². The van der Waals surface area contributed by atoms with Crippen LogP contribution in [-0.2, 0) is 0 Å². The summed E-state index contributed by atoms with van der Waals surface area (Å²) in [4.78, 5) is 11.2. The van der Waals surface area contributed by atoms with Crippen LogP contribution in [0.4, 0.5) is 0 Å². The fourth-order valence-corrected chi connectivity index (χ4v) is 1.67. The second-order valence-electron chi connectivity index (χ2n) is 2.08. The van der Waals surface area contributed by atoms with Crippen molar-refractivity contribution in [2.24, 2.45) is 0 Å². The molecule has 12 heavy (non-hydrogen) atoms. The fourth-order valence-electron chi connectivity index (χ4n) is 0.869. The standard InChI is InChI=1S/C5H2Br2N4O/c6-2-3-5(12)9-8-1-11(3)10-4(2)7/h1H,(H,9,12). The van der Waals surface area contributed by atoms with Gasteiger partial charge in [-0.05, 0) is 31.9 Å². The Morgan fingerprint density at radius 2 is 2.25 bits per heavy atom. The molecule has 0 aromatic carbocycles. The maximum absolute atomic E-state index is 11.2. The predicted octanol–water partition coefficient (Wildman–Crippen LogP) is 0.943. The molecule has 0 fully saturated rings. The maximum Gasteiger partial charge on any atom is 0.291 e. The van der Waals surface area contributed by atoms with E-state index in [0.717, 1.165) is 0 Å².